The van der Waals surface area contributed by atoms with Gasteiger partial charge in [0.05, 0.1) is 6.26 Å². The van der Waals surface area contributed by atoms with Gasteiger partial charge in [-0.15, -0.1) is 0 Å². The number of amides is 1. The maximum atomic E-state index is 12.0. The van der Waals surface area contributed by atoms with Gasteiger partial charge in [-0.3, -0.25) is 4.79 Å². The highest BCUT2D eigenvalue weighted by Gasteiger charge is 2.17. The number of para-hydroxylation sites is 1. The van der Waals surface area contributed by atoms with E-state index in [9.17, 15) is 13.2 Å². The summed E-state index contributed by atoms with van der Waals surface area (Å²) in [6, 6.07) is 7.51. The summed E-state index contributed by atoms with van der Waals surface area (Å²) < 4.78 is 25.0. The van der Waals surface area contributed by atoms with Crippen LogP contribution in [-0.4, -0.2) is 63.5 Å². The number of aryl methyl sites for hydroxylation is 1. The van der Waals surface area contributed by atoms with Crippen LogP contribution in [0.15, 0.2) is 24.3 Å². The van der Waals surface area contributed by atoms with E-state index in [0.717, 1.165) is 24.2 Å². The van der Waals surface area contributed by atoms with Crippen molar-refractivity contribution < 1.29 is 13.2 Å². The topological polar surface area (TPSA) is 69.7 Å². The zero-order valence-corrected chi connectivity index (χ0v) is 15.2. The Kier molecular flexibility index (Phi) is 7.67. The number of carbonyl (C=O) groups excluding carboxylic acids is 1. The zero-order valence-electron chi connectivity index (χ0n) is 14.4. The molecule has 0 fully saturated rings. The van der Waals surface area contributed by atoms with Gasteiger partial charge in [-0.2, -0.15) is 0 Å². The lowest BCUT2D eigenvalue weighted by atomic mass is 10.2. The minimum absolute atomic E-state index is 0.142. The minimum Gasteiger partial charge on any atom is -0.326 e. The fourth-order valence-electron chi connectivity index (χ4n) is 2.16. The average molecular weight is 341 g/mol. The van der Waals surface area contributed by atoms with E-state index in [0.29, 0.717) is 6.54 Å². The Morgan fingerprint density at radius 1 is 1.13 bits per heavy atom. The van der Waals surface area contributed by atoms with E-state index in [1.54, 1.807) is 0 Å². The largest absolute Gasteiger partial charge is 0.326 e. The number of hydrogen-bond donors (Lipinski definition) is 1. The van der Waals surface area contributed by atoms with Crippen molar-refractivity contribution in [2.24, 2.45) is 0 Å². The fourth-order valence-corrected chi connectivity index (χ4v) is 3.04. The molecule has 6 nitrogen and oxygen atoms in total. The molecule has 0 aromatic heterocycles. The van der Waals surface area contributed by atoms with Gasteiger partial charge in [0.15, 0.2) is 0 Å². The van der Waals surface area contributed by atoms with Crippen molar-refractivity contribution in [3.05, 3.63) is 29.8 Å². The highest BCUT2D eigenvalue weighted by Crippen LogP contribution is 2.13. The van der Waals surface area contributed by atoms with E-state index in [1.165, 1.54) is 10.6 Å². The third kappa shape index (κ3) is 7.58. The quantitative estimate of drug-likeness (QED) is 0.740. The fraction of sp³-hybridized carbons (Fsp3) is 0.562. The number of carbonyl (C=O) groups is 1. The van der Waals surface area contributed by atoms with E-state index >= 15 is 0 Å². The highest BCUT2D eigenvalue weighted by molar-refractivity contribution is 7.88. The summed E-state index contributed by atoms with van der Waals surface area (Å²) in [5.74, 6) is -0.180. The zero-order chi connectivity index (χ0) is 17.5. The number of sulfonamides is 1. The van der Waals surface area contributed by atoms with Gasteiger partial charge < -0.3 is 10.2 Å². The molecule has 0 atom stereocenters. The van der Waals surface area contributed by atoms with Crippen LogP contribution in [0.25, 0.3) is 0 Å². The molecular formula is C16H27N3O3S. The van der Waals surface area contributed by atoms with Crippen molar-refractivity contribution in [2.75, 3.05) is 45.3 Å². The molecule has 0 saturated carbocycles. The van der Waals surface area contributed by atoms with Gasteiger partial charge in [-0.05, 0) is 45.6 Å². The SMILES string of the molecule is Cc1ccccc1NC(=O)CCN(CCCN(C)C)S(C)(=O)=O. The maximum Gasteiger partial charge on any atom is 0.225 e. The molecule has 1 aromatic rings. The Labute approximate surface area is 139 Å². The normalized spacial score (nSPS) is 11.9. The molecule has 0 spiro atoms. The van der Waals surface area contributed by atoms with Gasteiger partial charge in [0, 0.05) is 25.2 Å². The predicted octanol–water partition coefficient (Wildman–Crippen LogP) is 1.54. The smallest absolute Gasteiger partial charge is 0.225 e. The molecule has 0 aliphatic heterocycles. The molecule has 0 aliphatic carbocycles. The minimum atomic E-state index is -3.30. The van der Waals surface area contributed by atoms with Gasteiger partial charge in [-0.1, -0.05) is 18.2 Å². The van der Waals surface area contributed by atoms with Crippen molar-refractivity contribution in [3.8, 4) is 0 Å². The van der Waals surface area contributed by atoms with Crippen molar-refractivity contribution in [3.63, 3.8) is 0 Å². The summed E-state index contributed by atoms with van der Waals surface area (Å²) in [5.41, 5.74) is 1.74. The van der Waals surface area contributed by atoms with E-state index in [-0.39, 0.29) is 18.9 Å². The summed E-state index contributed by atoms with van der Waals surface area (Å²) in [4.78, 5) is 14.0. The first-order valence-corrected chi connectivity index (χ1v) is 9.50. The van der Waals surface area contributed by atoms with E-state index in [1.807, 2.05) is 50.2 Å². The van der Waals surface area contributed by atoms with Gasteiger partial charge in [0.2, 0.25) is 15.9 Å². The third-order valence-electron chi connectivity index (χ3n) is 3.49. The van der Waals surface area contributed by atoms with Crippen LogP contribution >= 0.6 is 0 Å². The van der Waals surface area contributed by atoms with Gasteiger partial charge in [0.1, 0.15) is 0 Å². The summed E-state index contributed by atoms with van der Waals surface area (Å²) in [7, 11) is 0.585. The number of rotatable bonds is 9. The molecule has 23 heavy (non-hydrogen) atoms. The second kappa shape index (κ2) is 9.00. The maximum absolute atomic E-state index is 12.0. The van der Waals surface area contributed by atoms with Crippen LogP contribution in [0.4, 0.5) is 5.69 Å². The monoisotopic (exact) mass is 341 g/mol. The molecule has 7 heteroatoms. The van der Waals surface area contributed by atoms with Crippen LogP contribution in [0.1, 0.15) is 18.4 Å². The number of benzene rings is 1. The second-order valence-electron chi connectivity index (χ2n) is 5.93. The summed E-state index contributed by atoms with van der Waals surface area (Å²) in [5, 5.41) is 2.82. The third-order valence-corrected chi connectivity index (χ3v) is 4.79. The highest BCUT2D eigenvalue weighted by atomic mass is 32.2. The Bertz CT molecular complexity index is 615. The average Bonchev–Trinajstić information content (AvgIpc) is 2.43. The van der Waals surface area contributed by atoms with Gasteiger partial charge in [-0.25, -0.2) is 12.7 Å². The Morgan fingerprint density at radius 2 is 1.78 bits per heavy atom. The molecule has 0 heterocycles. The Hall–Kier alpha value is -1.44. The van der Waals surface area contributed by atoms with Crippen LogP contribution in [0.2, 0.25) is 0 Å². The first kappa shape index (κ1) is 19.6. The number of nitrogens with zero attached hydrogens (tertiary/aromatic N) is 2. The Balaban J connectivity index is 2.53. The number of nitrogens with one attached hydrogen (secondary N) is 1. The molecule has 0 aliphatic rings. The number of anilines is 1. The van der Waals surface area contributed by atoms with Gasteiger partial charge in [0.25, 0.3) is 0 Å². The van der Waals surface area contributed by atoms with Crippen LogP contribution in [0, 0.1) is 6.92 Å². The van der Waals surface area contributed by atoms with Crippen molar-refractivity contribution >= 4 is 21.6 Å². The molecule has 0 bridgehead atoms. The second-order valence-corrected chi connectivity index (χ2v) is 7.91. The molecule has 0 saturated heterocycles. The first-order chi connectivity index (χ1) is 10.7. The van der Waals surface area contributed by atoms with E-state index < -0.39 is 10.0 Å². The molecule has 0 unspecified atom stereocenters. The standard InChI is InChI=1S/C16H27N3O3S/c1-14-8-5-6-9-15(14)17-16(20)10-13-19(23(4,21)22)12-7-11-18(2)3/h5-6,8-9H,7,10-13H2,1-4H3,(H,17,20). The summed E-state index contributed by atoms with van der Waals surface area (Å²) in [6.07, 6.45) is 2.06. The molecule has 1 N–H and O–H groups in total. The predicted molar refractivity (Wildman–Crippen MR) is 94.0 cm³/mol. The van der Waals surface area contributed by atoms with Crippen molar-refractivity contribution in [1.82, 2.24) is 9.21 Å². The molecular weight excluding hydrogens is 314 g/mol. The van der Waals surface area contributed by atoms with Crippen molar-refractivity contribution in [1.29, 1.82) is 0 Å². The summed E-state index contributed by atoms with van der Waals surface area (Å²) >= 11 is 0. The molecule has 0 radical (unpaired) electrons. The molecule has 1 amide bonds. The van der Waals surface area contributed by atoms with Crippen molar-refractivity contribution in [2.45, 2.75) is 19.8 Å². The lowest BCUT2D eigenvalue weighted by Gasteiger charge is -2.20. The van der Waals surface area contributed by atoms with Crippen LogP contribution < -0.4 is 5.32 Å². The first-order valence-electron chi connectivity index (χ1n) is 7.65. The lowest BCUT2D eigenvalue weighted by molar-refractivity contribution is -0.116. The lowest BCUT2D eigenvalue weighted by Crippen LogP contribution is -2.35. The number of hydrogen-bond acceptors (Lipinski definition) is 4. The molecule has 1 rings (SSSR count). The van der Waals surface area contributed by atoms with Gasteiger partial charge >= 0.3 is 0 Å². The van der Waals surface area contributed by atoms with Crippen LogP contribution in [0.3, 0.4) is 0 Å². The van der Waals surface area contributed by atoms with E-state index in [2.05, 4.69) is 5.32 Å². The molecule has 130 valence electrons. The molecule has 1 aromatic carbocycles. The Morgan fingerprint density at radius 3 is 2.35 bits per heavy atom. The summed E-state index contributed by atoms with van der Waals surface area (Å²) in [6.45, 7) is 3.35. The van der Waals surface area contributed by atoms with E-state index in [4.69, 9.17) is 0 Å². The van der Waals surface area contributed by atoms with Crippen LogP contribution in [-0.2, 0) is 14.8 Å². The van der Waals surface area contributed by atoms with Crippen LogP contribution in [0.5, 0.6) is 0 Å².